The van der Waals surface area contributed by atoms with Gasteiger partial charge in [-0.15, -0.1) is 0 Å². The van der Waals surface area contributed by atoms with Crippen LogP contribution in [0.15, 0.2) is 48.5 Å². The van der Waals surface area contributed by atoms with Crippen molar-refractivity contribution in [3.63, 3.8) is 0 Å². The van der Waals surface area contributed by atoms with Gasteiger partial charge in [0.05, 0.1) is 0 Å². The van der Waals surface area contributed by atoms with E-state index in [1.807, 2.05) is 24.3 Å². The van der Waals surface area contributed by atoms with Crippen molar-refractivity contribution in [1.29, 1.82) is 0 Å². The van der Waals surface area contributed by atoms with Gasteiger partial charge in [-0.2, -0.15) is 0 Å². The minimum Gasteiger partial charge on any atom is -0.484 e. The summed E-state index contributed by atoms with van der Waals surface area (Å²) in [4.78, 5) is 23.5. The quantitative estimate of drug-likeness (QED) is 0.767. The summed E-state index contributed by atoms with van der Waals surface area (Å²) in [6.45, 7) is 5.65. The maximum atomic E-state index is 12.2. The lowest BCUT2D eigenvalue weighted by atomic mass is 9.97. The molecule has 0 saturated carbocycles. The minimum atomic E-state index is -0.223. The summed E-state index contributed by atoms with van der Waals surface area (Å²) in [5.41, 5.74) is 2.50. The van der Waals surface area contributed by atoms with Crippen LogP contribution in [0.3, 0.4) is 0 Å². The molecule has 2 aromatic carbocycles. The van der Waals surface area contributed by atoms with E-state index in [1.54, 1.807) is 24.3 Å². The van der Waals surface area contributed by atoms with E-state index in [1.165, 1.54) is 6.92 Å². The maximum Gasteiger partial charge on any atom is 0.262 e. The highest BCUT2D eigenvalue weighted by Crippen LogP contribution is 2.26. The molecule has 2 aromatic rings. The van der Waals surface area contributed by atoms with E-state index in [9.17, 15) is 9.59 Å². The van der Waals surface area contributed by atoms with E-state index >= 15 is 0 Å². The number of ketones is 1. The van der Waals surface area contributed by atoms with Crippen molar-refractivity contribution in [3.05, 3.63) is 59.7 Å². The number of benzene rings is 2. The van der Waals surface area contributed by atoms with Gasteiger partial charge >= 0.3 is 0 Å². The molecule has 0 bridgehead atoms. The Morgan fingerprint density at radius 3 is 2.58 bits per heavy atom. The molecule has 1 N–H and O–H groups in total. The van der Waals surface area contributed by atoms with Crippen molar-refractivity contribution < 1.29 is 14.3 Å². The van der Waals surface area contributed by atoms with Gasteiger partial charge in [-0.3, -0.25) is 9.59 Å². The SMILES string of the molecule is CC[C@H](C)c1ccccc1NC(=O)COc1cccc(C(C)=O)c1. The second-order valence-electron chi connectivity index (χ2n) is 5.82. The van der Waals surface area contributed by atoms with Gasteiger partial charge < -0.3 is 10.1 Å². The van der Waals surface area contributed by atoms with E-state index in [0.717, 1.165) is 17.7 Å². The molecule has 0 fully saturated rings. The predicted molar refractivity (Wildman–Crippen MR) is 95.7 cm³/mol. The maximum absolute atomic E-state index is 12.2. The van der Waals surface area contributed by atoms with Crippen LogP contribution in [0, 0.1) is 0 Å². The molecule has 24 heavy (non-hydrogen) atoms. The molecule has 0 aliphatic heterocycles. The van der Waals surface area contributed by atoms with Crippen molar-refractivity contribution in [2.45, 2.75) is 33.1 Å². The number of rotatable bonds is 7. The average molecular weight is 325 g/mol. The molecule has 2 rings (SSSR count). The number of hydrogen-bond donors (Lipinski definition) is 1. The molecule has 126 valence electrons. The number of carbonyl (C=O) groups is 2. The number of carbonyl (C=O) groups excluding carboxylic acids is 2. The first-order valence-electron chi connectivity index (χ1n) is 8.13. The fourth-order valence-electron chi connectivity index (χ4n) is 2.40. The zero-order valence-electron chi connectivity index (χ0n) is 14.3. The Kier molecular flexibility index (Phi) is 6.13. The van der Waals surface area contributed by atoms with Crippen molar-refractivity contribution in [3.8, 4) is 5.75 Å². The van der Waals surface area contributed by atoms with Gasteiger partial charge in [0.1, 0.15) is 5.75 Å². The number of para-hydroxylation sites is 1. The van der Waals surface area contributed by atoms with E-state index in [0.29, 0.717) is 17.2 Å². The fraction of sp³-hybridized carbons (Fsp3) is 0.300. The zero-order valence-corrected chi connectivity index (χ0v) is 14.3. The third kappa shape index (κ3) is 4.69. The highest BCUT2D eigenvalue weighted by Gasteiger charge is 2.11. The van der Waals surface area contributed by atoms with Gasteiger partial charge in [-0.1, -0.05) is 44.2 Å². The Hall–Kier alpha value is -2.62. The molecule has 1 atom stereocenters. The van der Waals surface area contributed by atoms with Crippen LogP contribution in [0.1, 0.15) is 49.0 Å². The van der Waals surface area contributed by atoms with Gasteiger partial charge in [0.25, 0.3) is 5.91 Å². The molecule has 0 radical (unpaired) electrons. The Morgan fingerprint density at radius 1 is 1.12 bits per heavy atom. The second-order valence-corrected chi connectivity index (χ2v) is 5.82. The normalized spacial score (nSPS) is 11.6. The summed E-state index contributed by atoms with van der Waals surface area (Å²) < 4.78 is 5.49. The molecule has 1 amide bonds. The number of nitrogens with one attached hydrogen (secondary N) is 1. The van der Waals surface area contributed by atoms with Gasteiger partial charge in [0.2, 0.25) is 0 Å². The molecule has 0 aliphatic rings. The third-order valence-corrected chi connectivity index (χ3v) is 3.99. The summed E-state index contributed by atoms with van der Waals surface area (Å²) in [7, 11) is 0. The van der Waals surface area contributed by atoms with Crippen molar-refractivity contribution in [1.82, 2.24) is 0 Å². The molecule has 0 heterocycles. The average Bonchev–Trinajstić information content (AvgIpc) is 2.60. The standard InChI is InChI=1S/C20H23NO3/c1-4-14(2)18-10-5-6-11-19(18)21-20(23)13-24-17-9-7-8-16(12-17)15(3)22/h5-12,14H,4,13H2,1-3H3,(H,21,23)/t14-/m0/s1. The Morgan fingerprint density at radius 2 is 1.88 bits per heavy atom. The van der Waals surface area contributed by atoms with Gasteiger partial charge in [0, 0.05) is 11.3 Å². The molecule has 0 spiro atoms. The molecule has 4 heteroatoms. The molecular weight excluding hydrogens is 302 g/mol. The van der Waals surface area contributed by atoms with Crippen LogP contribution in [0.5, 0.6) is 5.75 Å². The van der Waals surface area contributed by atoms with Crippen LogP contribution in [0.25, 0.3) is 0 Å². The number of anilines is 1. The molecular formula is C20H23NO3. The van der Waals surface area contributed by atoms with Crippen LogP contribution in [0.2, 0.25) is 0 Å². The molecule has 0 unspecified atom stereocenters. The number of ether oxygens (including phenoxy) is 1. The predicted octanol–water partition coefficient (Wildman–Crippen LogP) is 4.42. The number of Topliss-reactive ketones (excluding diaryl/α,β-unsaturated/α-hetero) is 1. The summed E-state index contributed by atoms with van der Waals surface area (Å²) in [5.74, 6) is 0.620. The highest BCUT2D eigenvalue weighted by molar-refractivity contribution is 5.94. The van der Waals surface area contributed by atoms with E-state index < -0.39 is 0 Å². The second kappa shape index (κ2) is 8.29. The first-order valence-corrected chi connectivity index (χ1v) is 8.13. The van der Waals surface area contributed by atoms with Crippen LogP contribution in [-0.4, -0.2) is 18.3 Å². The molecule has 0 aliphatic carbocycles. The Balaban J connectivity index is 1.99. The van der Waals surface area contributed by atoms with E-state index in [4.69, 9.17) is 4.74 Å². The zero-order chi connectivity index (χ0) is 17.5. The summed E-state index contributed by atoms with van der Waals surface area (Å²) in [6, 6.07) is 14.6. The number of amides is 1. The van der Waals surface area contributed by atoms with Gasteiger partial charge in [-0.05, 0) is 43.0 Å². The first kappa shape index (κ1) is 17.7. The summed E-state index contributed by atoms with van der Waals surface area (Å²) >= 11 is 0. The van der Waals surface area contributed by atoms with E-state index in [2.05, 4.69) is 19.2 Å². The summed E-state index contributed by atoms with van der Waals surface area (Å²) in [5, 5.41) is 2.90. The molecule has 0 saturated heterocycles. The van der Waals surface area contributed by atoms with Crippen molar-refractivity contribution in [2.75, 3.05) is 11.9 Å². The van der Waals surface area contributed by atoms with E-state index in [-0.39, 0.29) is 18.3 Å². The van der Waals surface area contributed by atoms with Gasteiger partial charge in [0.15, 0.2) is 12.4 Å². The van der Waals surface area contributed by atoms with Gasteiger partial charge in [-0.25, -0.2) is 0 Å². The van der Waals surface area contributed by atoms with Crippen LogP contribution >= 0.6 is 0 Å². The lowest BCUT2D eigenvalue weighted by Gasteiger charge is -2.15. The monoisotopic (exact) mass is 325 g/mol. The smallest absolute Gasteiger partial charge is 0.262 e. The lowest BCUT2D eigenvalue weighted by molar-refractivity contribution is -0.118. The Labute approximate surface area is 142 Å². The Bertz CT molecular complexity index is 724. The van der Waals surface area contributed by atoms with Crippen LogP contribution in [-0.2, 0) is 4.79 Å². The fourth-order valence-corrected chi connectivity index (χ4v) is 2.40. The molecule has 0 aromatic heterocycles. The lowest BCUT2D eigenvalue weighted by Crippen LogP contribution is -2.21. The number of hydrogen-bond acceptors (Lipinski definition) is 3. The third-order valence-electron chi connectivity index (χ3n) is 3.99. The molecule has 4 nitrogen and oxygen atoms in total. The minimum absolute atomic E-state index is 0.0348. The van der Waals surface area contributed by atoms with Crippen molar-refractivity contribution >= 4 is 17.4 Å². The largest absolute Gasteiger partial charge is 0.484 e. The topological polar surface area (TPSA) is 55.4 Å². The van der Waals surface area contributed by atoms with Crippen molar-refractivity contribution in [2.24, 2.45) is 0 Å². The highest BCUT2D eigenvalue weighted by atomic mass is 16.5. The summed E-state index contributed by atoms with van der Waals surface area (Å²) in [6.07, 6.45) is 1.00. The van der Waals surface area contributed by atoms with Crippen LogP contribution < -0.4 is 10.1 Å². The first-order chi connectivity index (χ1) is 11.5. The van der Waals surface area contributed by atoms with Crippen LogP contribution in [0.4, 0.5) is 5.69 Å².